The highest BCUT2D eigenvalue weighted by molar-refractivity contribution is 6.30. The second-order valence-electron chi connectivity index (χ2n) is 7.56. The van der Waals surface area contributed by atoms with E-state index in [1.54, 1.807) is 0 Å². The topological polar surface area (TPSA) is 47.7 Å². The molecule has 2 aromatic carbocycles. The number of fused-ring (bicyclic) bond motifs is 1. The molecule has 1 unspecified atom stereocenters. The second kappa shape index (κ2) is 7.70. The van der Waals surface area contributed by atoms with Gasteiger partial charge in [0.25, 0.3) is 5.79 Å². The summed E-state index contributed by atoms with van der Waals surface area (Å²) in [6, 6.07) is 16.3. The van der Waals surface area contributed by atoms with Gasteiger partial charge in [0.1, 0.15) is 0 Å². The molecule has 2 heterocycles. The van der Waals surface area contributed by atoms with Crippen LogP contribution >= 0.6 is 11.6 Å². The van der Waals surface area contributed by atoms with E-state index in [4.69, 9.17) is 26.8 Å². The van der Waals surface area contributed by atoms with Gasteiger partial charge in [0, 0.05) is 22.5 Å². The van der Waals surface area contributed by atoms with Crippen molar-refractivity contribution in [3.05, 3.63) is 59.1 Å². The van der Waals surface area contributed by atoms with Gasteiger partial charge in [-0.3, -0.25) is 0 Å². The summed E-state index contributed by atoms with van der Waals surface area (Å²) >= 11 is 6.12. The third-order valence-electron chi connectivity index (χ3n) is 5.89. The third kappa shape index (κ3) is 3.54. The van der Waals surface area contributed by atoms with Gasteiger partial charge in [-0.1, -0.05) is 23.7 Å². The molecule has 1 atom stereocenters. The van der Waals surface area contributed by atoms with Crippen LogP contribution in [0, 0.1) is 5.92 Å². The van der Waals surface area contributed by atoms with E-state index in [2.05, 4.69) is 11.8 Å². The van der Waals surface area contributed by atoms with Gasteiger partial charge in [-0.2, -0.15) is 0 Å². The summed E-state index contributed by atoms with van der Waals surface area (Å²) in [5.74, 6) is 1.11. The lowest BCUT2D eigenvalue weighted by Gasteiger charge is -2.42. The Morgan fingerprint density at radius 2 is 1.67 bits per heavy atom. The van der Waals surface area contributed by atoms with E-state index >= 15 is 0 Å². The van der Waals surface area contributed by atoms with Gasteiger partial charge >= 0.3 is 0 Å². The van der Waals surface area contributed by atoms with Crippen molar-refractivity contribution in [1.29, 1.82) is 0 Å². The molecule has 2 N–H and O–H groups in total. The quantitative estimate of drug-likeness (QED) is 0.826. The zero-order valence-electron chi connectivity index (χ0n) is 15.7. The Balaban J connectivity index is 1.60. The van der Waals surface area contributed by atoms with Crippen LogP contribution in [0.15, 0.2) is 48.5 Å². The fraction of sp³-hybridized carbons (Fsp3) is 0.455. The van der Waals surface area contributed by atoms with Crippen molar-refractivity contribution in [2.45, 2.75) is 38.0 Å². The Hall–Kier alpha value is -1.75. The molecular formula is C22H27ClN2O2. The van der Waals surface area contributed by atoms with Crippen LogP contribution in [0.2, 0.25) is 5.02 Å². The minimum Gasteiger partial charge on any atom is -0.444 e. The normalized spacial score (nSPS) is 20.6. The van der Waals surface area contributed by atoms with Crippen molar-refractivity contribution >= 4 is 11.6 Å². The van der Waals surface area contributed by atoms with Crippen molar-refractivity contribution in [2.24, 2.45) is 11.7 Å². The molecule has 0 aliphatic carbocycles. The SMILES string of the molecule is CC(CCN)N1CCC(C2(c3ccc(Cl)cc3)Oc3ccccc3O2)CC1. The summed E-state index contributed by atoms with van der Waals surface area (Å²) in [4.78, 5) is 2.53. The van der Waals surface area contributed by atoms with Crippen molar-refractivity contribution in [3.63, 3.8) is 0 Å². The fourth-order valence-corrected chi connectivity index (χ4v) is 4.44. The number of hydrogen-bond acceptors (Lipinski definition) is 4. The molecule has 2 aromatic rings. The summed E-state index contributed by atoms with van der Waals surface area (Å²) in [7, 11) is 0. The van der Waals surface area contributed by atoms with Crippen LogP contribution in [0.1, 0.15) is 31.7 Å². The van der Waals surface area contributed by atoms with Crippen LogP contribution in [-0.2, 0) is 5.79 Å². The largest absolute Gasteiger partial charge is 0.444 e. The summed E-state index contributed by atoms with van der Waals surface area (Å²) in [5.41, 5.74) is 6.77. The van der Waals surface area contributed by atoms with E-state index < -0.39 is 5.79 Å². The number of rotatable bonds is 5. The van der Waals surface area contributed by atoms with E-state index in [-0.39, 0.29) is 5.92 Å². The number of nitrogens with two attached hydrogens (primary N) is 1. The minimum absolute atomic E-state index is 0.271. The van der Waals surface area contributed by atoms with Crippen LogP contribution < -0.4 is 15.2 Å². The standard InChI is InChI=1S/C22H27ClN2O2/c1-16(10-13-24)25-14-11-18(12-15-25)22(17-6-8-19(23)9-7-17)26-20-4-2-3-5-21(20)27-22/h2-9,16,18H,10-15,24H2,1H3. The van der Waals surface area contributed by atoms with E-state index in [0.717, 1.165) is 61.0 Å². The number of para-hydroxylation sites is 2. The molecule has 0 saturated carbocycles. The highest BCUT2D eigenvalue weighted by Crippen LogP contribution is 2.50. The van der Waals surface area contributed by atoms with Crippen molar-refractivity contribution in [3.8, 4) is 11.5 Å². The van der Waals surface area contributed by atoms with E-state index in [0.29, 0.717) is 6.04 Å². The highest BCUT2D eigenvalue weighted by Gasteiger charge is 2.50. The molecule has 0 amide bonds. The lowest BCUT2D eigenvalue weighted by molar-refractivity contribution is -0.149. The first-order valence-electron chi connectivity index (χ1n) is 9.79. The summed E-state index contributed by atoms with van der Waals surface area (Å²) in [6.07, 6.45) is 3.07. The van der Waals surface area contributed by atoms with Crippen molar-refractivity contribution in [1.82, 2.24) is 4.90 Å². The zero-order valence-corrected chi connectivity index (χ0v) is 16.5. The molecule has 144 valence electrons. The first kappa shape index (κ1) is 18.6. The lowest BCUT2D eigenvalue weighted by atomic mass is 9.83. The van der Waals surface area contributed by atoms with Gasteiger partial charge in [-0.25, -0.2) is 0 Å². The molecule has 0 bridgehead atoms. The maximum absolute atomic E-state index is 6.50. The maximum Gasteiger partial charge on any atom is 0.281 e. The molecule has 0 aromatic heterocycles. The van der Waals surface area contributed by atoms with Gasteiger partial charge < -0.3 is 20.1 Å². The molecule has 27 heavy (non-hydrogen) atoms. The number of benzene rings is 2. The van der Waals surface area contributed by atoms with E-state index in [1.807, 2.05) is 48.5 Å². The fourth-order valence-electron chi connectivity index (χ4n) is 4.31. The molecule has 2 aliphatic heterocycles. The zero-order chi connectivity index (χ0) is 18.9. The molecule has 5 heteroatoms. The van der Waals surface area contributed by atoms with Crippen LogP contribution in [0.5, 0.6) is 11.5 Å². The molecular weight excluding hydrogens is 360 g/mol. The van der Waals surface area contributed by atoms with Gasteiger partial charge in [0.05, 0.1) is 0 Å². The summed E-state index contributed by atoms with van der Waals surface area (Å²) < 4.78 is 13.0. The molecule has 4 rings (SSSR count). The van der Waals surface area contributed by atoms with Crippen LogP contribution in [-0.4, -0.2) is 30.6 Å². The highest BCUT2D eigenvalue weighted by atomic mass is 35.5. The Morgan fingerprint density at radius 3 is 2.22 bits per heavy atom. The second-order valence-corrected chi connectivity index (χ2v) is 8.00. The van der Waals surface area contributed by atoms with Gasteiger partial charge in [0.2, 0.25) is 0 Å². The Morgan fingerprint density at radius 1 is 1.07 bits per heavy atom. The predicted molar refractivity (Wildman–Crippen MR) is 108 cm³/mol. The first-order chi connectivity index (χ1) is 13.1. The smallest absolute Gasteiger partial charge is 0.281 e. The Labute approximate surface area is 166 Å². The first-order valence-corrected chi connectivity index (χ1v) is 10.2. The van der Waals surface area contributed by atoms with Gasteiger partial charge in [0.15, 0.2) is 11.5 Å². The number of piperidine rings is 1. The van der Waals surface area contributed by atoms with E-state index in [1.165, 1.54) is 0 Å². The Bertz CT molecular complexity index is 747. The molecule has 0 radical (unpaired) electrons. The number of likely N-dealkylation sites (tertiary alicyclic amines) is 1. The summed E-state index contributed by atoms with van der Waals surface area (Å²) in [6.45, 7) is 5.06. The number of nitrogens with zero attached hydrogens (tertiary/aromatic N) is 1. The number of hydrogen-bond donors (Lipinski definition) is 1. The monoisotopic (exact) mass is 386 g/mol. The third-order valence-corrected chi connectivity index (χ3v) is 6.15. The van der Waals surface area contributed by atoms with Crippen molar-refractivity contribution in [2.75, 3.05) is 19.6 Å². The number of ether oxygens (including phenoxy) is 2. The minimum atomic E-state index is -0.780. The van der Waals surface area contributed by atoms with Gasteiger partial charge in [-0.05, 0) is 82.2 Å². The van der Waals surface area contributed by atoms with Crippen molar-refractivity contribution < 1.29 is 9.47 Å². The lowest BCUT2D eigenvalue weighted by Crippen LogP contribution is -2.50. The van der Waals surface area contributed by atoms with Crippen LogP contribution in [0.25, 0.3) is 0 Å². The molecule has 4 nitrogen and oxygen atoms in total. The maximum atomic E-state index is 6.50. The van der Waals surface area contributed by atoms with Crippen LogP contribution in [0.4, 0.5) is 0 Å². The molecule has 1 fully saturated rings. The summed E-state index contributed by atoms with van der Waals surface area (Å²) in [5, 5.41) is 0.717. The van der Waals surface area contributed by atoms with Crippen LogP contribution in [0.3, 0.4) is 0 Å². The Kier molecular flexibility index (Phi) is 5.31. The average Bonchev–Trinajstić information content (AvgIpc) is 3.09. The number of halogens is 1. The molecule has 1 saturated heterocycles. The molecule has 2 aliphatic rings. The van der Waals surface area contributed by atoms with E-state index in [9.17, 15) is 0 Å². The predicted octanol–water partition coefficient (Wildman–Crippen LogP) is 4.41. The molecule has 0 spiro atoms. The van der Waals surface area contributed by atoms with Gasteiger partial charge in [-0.15, -0.1) is 0 Å². The average molecular weight is 387 g/mol.